The summed E-state index contributed by atoms with van der Waals surface area (Å²) in [4.78, 5) is 39.5. The molecule has 0 saturated carbocycles. The number of para-hydroxylation sites is 1. The minimum absolute atomic E-state index is 0.182. The summed E-state index contributed by atoms with van der Waals surface area (Å²) in [6.07, 6.45) is 0.774. The van der Waals surface area contributed by atoms with E-state index in [4.69, 9.17) is 23.2 Å². The molecule has 0 aliphatic carbocycles. The number of nitrogens with zero attached hydrogens (tertiary/aromatic N) is 1. The first kappa shape index (κ1) is 20.1. The summed E-state index contributed by atoms with van der Waals surface area (Å²) in [5.74, 6) is -1.36. The van der Waals surface area contributed by atoms with Gasteiger partial charge in [-0.05, 0) is 48.4 Å². The van der Waals surface area contributed by atoms with Gasteiger partial charge in [-0.3, -0.25) is 14.4 Å². The van der Waals surface area contributed by atoms with Gasteiger partial charge >= 0.3 is 0 Å². The number of fused-ring (bicyclic) bond motifs is 1. The summed E-state index contributed by atoms with van der Waals surface area (Å²) >= 11 is 12.0. The lowest BCUT2D eigenvalue weighted by atomic mass is 10.1. The third-order valence-corrected chi connectivity index (χ3v) is 5.66. The molecule has 0 saturated heterocycles. The third kappa shape index (κ3) is 3.47. The van der Waals surface area contributed by atoms with Crippen molar-refractivity contribution in [2.45, 2.75) is 13.3 Å². The number of anilines is 2. The van der Waals surface area contributed by atoms with Crippen molar-refractivity contribution < 1.29 is 14.4 Å². The molecule has 3 aromatic carbocycles. The van der Waals surface area contributed by atoms with Crippen molar-refractivity contribution in [2.75, 3.05) is 10.2 Å². The summed E-state index contributed by atoms with van der Waals surface area (Å²) in [5.41, 5.74) is 2.72. The first-order valence-electron chi connectivity index (χ1n) is 9.28. The fourth-order valence-corrected chi connectivity index (χ4v) is 3.73. The molecule has 0 spiro atoms. The van der Waals surface area contributed by atoms with E-state index in [9.17, 15) is 14.4 Å². The van der Waals surface area contributed by atoms with Gasteiger partial charge in [-0.2, -0.15) is 0 Å². The van der Waals surface area contributed by atoms with E-state index in [1.165, 1.54) is 18.2 Å². The molecule has 0 aromatic heterocycles. The first-order valence-corrected chi connectivity index (χ1v) is 10.0. The maximum atomic E-state index is 12.8. The average Bonchev–Trinajstić information content (AvgIpc) is 2.98. The number of benzene rings is 3. The van der Waals surface area contributed by atoms with Crippen LogP contribution in [0.5, 0.6) is 0 Å². The zero-order chi connectivity index (χ0) is 21.4. The summed E-state index contributed by atoms with van der Waals surface area (Å²) in [5, 5.41) is 3.28. The molecule has 0 atom stereocenters. The van der Waals surface area contributed by atoms with Gasteiger partial charge in [-0.25, -0.2) is 4.90 Å². The van der Waals surface area contributed by atoms with Crippen molar-refractivity contribution in [2.24, 2.45) is 0 Å². The second kappa shape index (κ2) is 7.94. The number of imide groups is 1. The molecule has 5 nitrogen and oxygen atoms in total. The normalized spacial score (nSPS) is 12.8. The molecule has 3 amide bonds. The van der Waals surface area contributed by atoms with Crippen LogP contribution in [0.1, 0.15) is 43.6 Å². The Morgan fingerprint density at radius 3 is 2.17 bits per heavy atom. The summed E-state index contributed by atoms with van der Waals surface area (Å²) in [6, 6.07) is 16.7. The number of carbonyl (C=O) groups is 3. The largest absolute Gasteiger partial charge is 0.322 e. The van der Waals surface area contributed by atoms with E-state index in [0.717, 1.165) is 22.6 Å². The van der Waals surface area contributed by atoms with Crippen LogP contribution in [0.25, 0.3) is 0 Å². The van der Waals surface area contributed by atoms with Crippen molar-refractivity contribution in [3.63, 3.8) is 0 Å². The predicted molar refractivity (Wildman–Crippen MR) is 118 cm³/mol. The lowest BCUT2D eigenvalue weighted by Crippen LogP contribution is -2.29. The molecule has 0 unspecified atom stereocenters. The zero-order valence-electron chi connectivity index (χ0n) is 15.9. The van der Waals surface area contributed by atoms with Crippen LogP contribution in [0.3, 0.4) is 0 Å². The quantitative estimate of drug-likeness (QED) is 0.538. The molecule has 1 heterocycles. The Bertz CT molecular complexity index is 1170. The van der Waals surface area contributed by atoms with Crippen molar-refractivity contribution in [3.05, 3.63) is 93.0 Å². The molecule has 0 bridgehead atoms. The SMILES string of the molecule is CCc1ccccc1NC(=O)c1cccc(N2C(=O)c3cc(Cl)c(Cl)cc3C2=O)c1. The Morgan fingerprint density at radius 2 is 1.53 bits per heavy atom. The van der Waals surface area contributed by atoms with Gasteiger partial charge in [0.25, 0.3) is 17.7 Å². The summed E-state index contributed by atoms with van der Waals surface area (Å²) in [6.45, 7) is 2.01. The fourth-order valence-electron chi connectivity index (χ4n) is 3.40. The maximum Gasteiger partial charge on any atom is 0.266 e. The number of rotatable bonds is 4. The van der Waals surface area contributed by atoms with Gasteiger partial charge in [0, 0.05) is 11.3 Å². The van der Waals surface area contributed by atoms with Gasteiger partial charge in [0.1, 0.15) is 0 Å². The highest BCUT2D eigenvalue weighted by molar-refractivity contribution is 6.44. The van der Waals surface area contributed by atoms with Gasteiger partial charge in [0.2, 0.25) is 0 Å². The maximum absolute atomic E-state index is 12.8. The van der Waals surface area contributed by atoms with Crippen LogP contribution in [0, 0.1) is 0 Å². The highest BCUT2D eigenvalue weighted by Crippen LogP contribution is 2.34. The third-order valence-electron chi connectivity index (χ3n) is 4.94. The molecule has 7 heteroatoms. The number of nitrogens with one attached hydrogen (secondary N) is 1. The molecule has 30 heavy (non-hydrogen) atoms. The van der Waals surface area contributed by atoms with Crippen molar-refractivity contribution in [3.8, 4) is 0 Å². The second-order valence-electron chi connectivity index (χ2n) is 6.77. The minimum atomic E-state index is -0.512. The molecular formula is C23H16Cl2N2O3. The van der Waals surface area contributed by atoms with E-state index in [-0.39, 0.29) is 27.1 Å². The van der Waals surface area contributed by atoms with E-state index in [2.05, 4.69) is 5.32 Å². The molecule has 3 aromatic rings. The smallest absolute Gasteiger partial charge is 0.266 e. The topological polar surface area (TPSA) is 66.5 Å². The van der Waals surface area contributed by atoms with Gasteiger partial charge in [-0.1, -0.05) is 54.4 Å². The predicted octanol–water partition coefficient (Wildman–Crippen LogP) is 5.61. The van der Waals surface area contributed by atoms with Crippen LogP contribution in [0.15, 0.2) is 60.7 Å². The van der Waals surface area contributed by atoms with Gasteiger partial charge in [0.15, 0.2) is 0 Å². The molecule has 0 fully saturated rings. The molecule has 150 valence electrons. The Labute approximate surface area is 183 Å². The number of halogens is 2. The first-order chi connectivity index (χ1) is 14.4. The van der Waals surface area contributed by atoms with Crippen molar-refractivity contribution >= 4 is 52.3 Å². The summed E-state index contributed by atoms with van der Waals surface area (Å²) < 4.78 is 0. The average molecular weight is 439 g/mol. The van der Waals surface area contributed by atoms with E-state index < -0.39 is 11.8 Å². The molecule has 0 radical (unpaired) electrons. The van der Waals surface area contributed by atoms with Gasteiger partial charge in [-0.15, -0.1) is 0 Å². The Morgan fingerprint density at radius 1 is 0.900 bits per heavy atom. The van der Waals surface area contributed by atoms with Crippen molar-refractivity contribution in [1.29, 1.82) is 0 Å². The van der Waals surface area contributed by atoms with Crippen LogP contribution in [-0.4, -0.2) is 17.7 Å². The van der Waals surface area contributed by atoms with Gasteiger partial charge < -0.3 is 5.32 Å². The monoisotopic (exact) mass is 438 g/mol. The van der Waals surface area contributed by atoms with E-state index in [1.54, 1.807) is 18.2 Å². The highest BCUT2D eigenvalue weighted by Gasteiger charge is 2.37. The molecule has 1 N–H and O–H groups in total. The fraction of sp³-hybridized carbons (Fsp3) is 0.0870. The molecule has 1 aliphatic heterocycles. The summed E-state index contributed by atoms with van der Waals surface area (Å²) in [7, 11) is 0. The van der Waals surface area contributed by atoms with Crippen LogP contribution in [0.2, 0.25) is 10.0 Å². The number of amides is 3. The minimum Gasteiger partial charge on any atom is -0.322 e. The highest BCUT2D eigenvalue weighted by atomic mass is 35.5. The Kier molecular flexibility index (Phi) is 5.33. The van der Waals surface area contributed by atoms with Crippen LogP contribution in [0.4, 0.5) is 11.4 Å². The zero-order valence-corrected chi connectivity index (χ0v) is 17.4. The van der Waals surface area contributed by atoms with Gasteiger partial charge in [0.05, 0.1) is 26.9 Å². The number of hydrogen-bond acceptors (Lipinski definition) is 3. The van der Waals surface area contributed by atoms with E-state index in [0.29, 0.717) is 11.3 Å². The molecule has 1 aliphatic rings. The lowest BCUT2D eigenvalue weighted by molar-refractivity contribution is 0.0924. The second-order valence-corrected chi connectivity index (χ2v) is 7.59. The standard InChI is InChI=1S/C23H16Cl2N2O3/c1-2-13-6-3-4-9-20(13)26-21(28)14-7-5-8-15(10-14)27-22(29)16-11-18(24)19(25)12-17(16)23(27)30/h3-12H,2H2,1H3,(H,26,28). The number of hydrogen-bond donors (Lipinski definition) is 1. The lowest BCUT2D eigenvalue weighted by Gasteiger charge is -2.15. The van der Waals surface area contributed by atoms with E-state index >= 15 is 0 Å². The van der Waals surface area contributed by atoms with E-state index in [1.807, 2.05) is 31.2 Å². The number of carbonyl (C=O) groups excluding carboxylic acids is 3. The molecular weight excluding hydrogens is 423 g/mol. The Hall–Kier alpha value is -3.15. The van der Waals surface area contributed by atoms with Crippen LogP contribution >= 0.6 is 23.2 Å². The number of aryl methyl sites for hydroxylation is 1. The van der Waals surface area contributed by atoms with Crippen molar-refractivity contribution in [1.82, 2.24) is 0 Å². The van der Waals surface area contributed by atoms with Crippen LogP contribution in [-0.2, 0) is 6.42 Å². The molecule has 4 rings (SSSR count). The Balaban J connectivity index is 1.65. The van der Waals surface area contributed by atoms with Crippen LogP contribution < -0.4 is 10.2 Å².